The van der Waals surface area contributed by atoms with Crippen LogP contribution in [0.4, 0.5) is 9.59 Å². The van der Waals surface area contributed by atoms with Crippen LogP contribution < -0.4 is 5.32 Å². The molecule has 3 amide bonds. The molecule has 9 nitrogen and oxygen atoms in total. The van der Waals surface area contributed by atoms with Gasteiger partial charge in [-0.1, -0.05) is 48.5 Å². The van der Waals surface area contributed by atoms with E-state index < -0.39 is 5.97 Å². The van der Waals surface area contributed by atoms with E-state index in [9.17, 15) is 14.4 Å². The Bertz CT molecular complexity index is 1340. The summed E-state index contributed by atoms with van der Waals surface area (Å²) in [5.74, 6) is -0.470. The van der Waals surface area contributed by atoms with Crippen molar-refractivity contribution in [2.75, 3.05) is 26.2 Å². The minimum absolute atomic E-state index is 0.0815. The first-order valence-corrected chi connectivity index (χ1v) is 13.0. The van der Waals surface area contributed by atoms with E-state index in [1.54, 1.807) is 22.9 Å². The lowest BCUT2D eigenvalue weighted by molar-refractivity contribution is -0.136. The molecule has 0 radical (unpaired) electrons. The average Bonchev–Trinajstić information content (AvgIpc) is 3.19. The number of ether oxygens (including phenoxy) is 2. The number of rotatable bonds is 5. The molecular formula is C29H32N4O5. The number of H-pyrrole nitrogens is 1. The fourth-order valence-electron chi connectivity index (χ4n) is 5.01. The molecule has 1 saturated heterocycles. The van der Waals surface area contributed by atoms with E-state index in [0.29, 0.717) is 50.2 Å². The van der Waals surface area contributed by atoms with Crippen molar-refractivity contribution in [2.45, 2.75) is 38.8 Å². The van der Waals surface area contributed by atoms with Crippen LogP contribution >= 0.6 is 0 Å². The van der Waals surface area contributed by atoms with E-state index in [2.05, 4.69) is 10.3 Å². The number of hydrogen-bond acceptors (Lipinski definition) is 5. The van der Waals surface area contributed by atoms with Crippen LogP contribution in [0.25, 0.3) is 16.5 Å². The van der Waals surface area contributed by atoms with Gasteiger partial charge in [-0.15, -0.1) is 0 Å². The molecule has 0 saturated carbocycles. The van der Waals surface area contributed by atoms with Crippen molar-refractivity contribution in [3.05, 3.63) is 77.6 Å². The van der Waals surface area contributed by atoms with E-state index in [4.69, 9.17) is 9.47 Å². The number of urea groups is 1. The summed E-state index contributed by atoms with van der Waals surface area (Å²) in [6.45, 7) is 3.66. The van der Waals surface area contributed by atoms with Crippen LogP contribution in [0.3, 0.4) is 0 Å². The van der Waals surface area contributed by atoms with E-state index >= 15 is 0 Å². The van der Waals surface area contributed by atoms with E-state index in [1.165, 1.54) is 0 Å². The zero-order valence-corrected chi connectivity index (χ0v) is 21.4. The van der Waals surface area contributed by atoms with Gasteiger partial charge in [-0.25, -0.2) is 14.4 Å². The van der Waals surface area contributed by atoms with Gasteiger partial charge in [0.05, 0.1) is 17.9 Å². The number of aromatic nitrogens is 1. The number of hydrogen-bond donors (Lipinski definition) is 2. The zero-order chi connectivity index (χ0) is 26.5. The number of likely N-dealkylation sites (tertiary alicyclic amines) is 1. The van der Waals surface area contributed by atoms with Crippen molar-refractivity contribution in [3.63, 3.8) is 0 Å². The Morgan fingerprint density at radius 1 is 0.974 bits per heavy atom. The predicted molar refractivity (Wildman–Crippen MR) is 143 cm³/mol. The summed E-state index contributed by atoms with van der Waals surface area (Å²) in [5, 5.41) is 4.12. The number of aromatic amines is 1. The van der Waals surface area contributed by atoms with E-state index in [1.807, 2.05) is 54.6 Å². The molecule has 38 heavy (non-hydrogen) atoms. The molecule has 3 heterocycles. The molecule has 0 unspecified atom stereocenters. The highest BCUT2D eigenvalue weighted by molar-refractivity contribution is 6.18. The Labute approximate surface area is 221 Å². The van der Waals surface area contributed by atoms with Crippen molar-refractivity contribution >= 4 is 34.6 Å². The Kier molecular flexibility index (Phi) is 7.62. The largest absolute Gasteiger partial charge is 0.462 e. The van der Waals surface area contributed by atoms with Crippen LogP contribution in [0.15, 0.2) is 60.8 Å². The predicted octanol–water partition coefficient (Wildman–Crippen LogP) is 4.44. The topological polar surface area (TPSA) is 104 Å². The maximum Gasteiger partial charge on any atom is 0.410 e. The first-order valence-electron chi connectivity index (χ1n) is 13.0. The van der Waals surface area contributed by atoms with Gasteiger partial charge in [-0.05, 0) is 43.4 Å². The maximum absolute atomic E-state index is 13.3. The van der Waals surface area contributed by atoms with Crippen LogP contribution in [0.2, 0.25) is 0 Å². The highest BCUT2D eigenvalue weighted by Crippen LogP contribution is 2.31. The smallest absolute Gasteiger partial charge is 0.410 e. The van der Waals surface area contributed by atoms with Crippen LogP contribution in [0.5, 0.6) is 0 Å². The standard InChI is InChI=1S/C29H32N4O5/c1-2-37-27(34)24-18-33(17-14-23-22-10-6-7-11-25(22)31-26(23)24)28(35)30-21-12-15-32(16-13-21)29(36)38-19-20-8-4-3-5-9-20/h3-11,18,21,31H,2,12-17,19H2,1H3,(H,30,35). The lowest BCUT2D eigenvalue weighted by Gasteiger charge is -2.32. The molecule has 2 aliphatic heterocycles. The first-order chi connectivity index (χ1) is 18.5. The third-order valence-electron chi connectivity index (χ3n) is 7.01. The fourth-order valence-corrected chi connectivity index (χ4v) is 5.01. The van der Waals surface area contributed by atoms with Gasteiger partial charge in [0.15, 0.2) is 0 Å². The second-order valence-corrected chi connectivity index (χ2v) is 9.48. The number of amides is 3. The number of para-hydroxylation sites is 1. The summed E-state index contributed by atoms with van der Waals surface area (Å²) in [7, 11) is 0. The molecule has 5 rings (SSSR count). The van der Waals surface area contributed by atoms with E-state index in [0.717, 1.165) is 22.0 Å². The highest BCUT2D eigenvalue weighted by Gasteiger charge is 2.29. The molecule has 2 aromatic carbocycles. The average molecular weight is 517 g/mol. The van der Waals surface area contributed by atoms with Crippen molar-refractivity contribution in [1.82, 2.24) is 20.1 Å². The van der Waals surface area contributed by atoms with Crippen LogP contribution in [-0.4, -0.2) is 65.2 Å². The number of fused-ring (bicyclic) bond motifs is 3. The molecule has 3 aromatic rings. The Balaban J connectivity index is 1.21. The second-order valence-electron chi connectivity index (χ2n) is 9.48. The van der Waals surface area contributed by atoms with Crippen LogP contribution in [-0.2, 0) is 27.3 Å². The number of nitrogens with zero attached hydrogens (tertiary/aromatic N) is 2. The van der Waals surface area contributed by atoms with Crippen molar-refractivity contribution in [1.29, 1.82) is 0 Å². The highest BCUT2D eigenvalue weighted by atomic mass is 16.6. The van der Waals surface area contributed by atoms with Gasteiger partial charge < -0.3 is 24.7 Å². The Hall–Kier alpha value is -4.27. The molecule has 0 spiro atoms. The quantitative estimate of drug-likeness (QED) is 0.488. The molecule has 0 bridgehead atoms. The Morgan fingerprint density at radius 3 is 2.47 bits per heavy atom. The summed E-state index contributed by atoms with van der Waals surface area (Å²) in [6, 6.07) is 17.1. The number of carbonyl (C=O) groups excluding carboxylic acids is 3. The Morgan fingerprint density at radius 2 is 1.71 bits per heavy atom. The normalized spacial score (nSPS) is 15.9. The molecule has 0 aliphatic carbocycles. The molecule has 9 heteroatoms. The lowest BCUT2D eigenvalue weighted by Crippen LogP contribution is -2.49. The summed E-state index contributed by atoms with van der Waals surface area (Å²) in [4.78, 5) is 45.2. The molecule has 1 fully saturated rings. The third-order valence-corrected chi connectivity index (χ3v) is 7.01. The van der Waals surface area contributed by atoms with Gasteiger partial charge in [0.2, 0.25) is 0 Å². The molecule has 1 aromatic heterocycles. The SMILES string of the molecule is CCOC(=O)C1=CN(C(=O)NC2CCN(C(=O)OCc3ccccc3)CC2)CCc2c1[nH]c1ccccc21. The van der Waals surface area contributed by atoms with Gasteiger partial charge in [0.25, 0.3) is 0 Å². The number of benzene rings is 2. The van der Waals surface area contributed by atoms with Gasteiger partial charge in [0, 0.05) is 42.8 Å². The van der Waals surface area contributed by atoms with Crippen molar-refractivity contribution < 1.29 is 23.9 Å². The minimum Gasteiger partial charge on any atom is -0.462 e. The van der Waals surface area contributed by atoms with E-state index in [-0.39, 0.29) is 31.4 Å². The molecule has 2 N–H and O–H groups in total. The summed E-state index contributed by atoms with van der Waals surface area (Å²) >= 11 is 0. The summed E-state index contributed by atoms with van der Waals surface area (Å²) in [6.07, 6.45) is 3.08. The van der Waals surface area contributed by atoms with Crippen molar-refractivity contribution in [3.8, 4) is 0 Å². The van der Waals surface area contributed by atoms with Gasteiger partial charge in [0.1, 0.15) is 6.61 Å². The molecule has 198 valence electrons. The molecule has 0 atom stereocenters. The minimum atomic E-state index is -0.470. The second kappa shape index (κ2) is 11.4. The van der Waals surface area contributed by atoms with Crippen molar-refractivity contribution in [2.24, 2.45) is 0 Å². The number of piperidine rings is 1. The number of carbonyl (C=O) groups is 3. The van der Waals surface area contributed by atoms with Crippen LogP contribution in [0.1, 0.15) is 36.6 Å². The fraction of sp³-hybridized carbons (Fsp3) is 0.345. The first kappa shape index (κ1) is 25.4. The summed E-state index contributed by atoms with van der Waals surface area (Å²) < 4.78 is 10.8. The zero-order valence-electron chi connectivity index (χ0n) is 21.4. The lowest BCUT2D eigenvalue weighted by atomic mass is 10.0. The van der Waals surface area contributed by atoms with Crippen LogP contribution in [0, 0.1) is 0 Å². The number of nitrogens with one attached hydrogen (secondary N) is 2. The number of esters is 1. The monoisotopic (exact) mass is 516 g/mol. The molecular weight excluding hydrogens is 484 g/mol. The van der Waals surface area contributed by atoms with Gasteiger partial charge in [-0.3, -0.25) is 4.90 Å². The molecule has 2 aliphatic rings. The maximum atomic E-state index is 13.3. The summed E-state index contributed by atoms with van der Waals surface area (Å²) in [5.41, 5.74) is 3.91. The van der Waals surface area contributed by atoms with Gasteiger partial charge >= 0.3 is 18.1 Å². The third kappa shape index (κ3) is 5.51. The van der Waals surface area contributed by atoms with Gasteiger partial charge in [-0.2, -0.15) is 0 Å².